The van der Waals surface area contributed by atoms with Crippen LogP contribution in [0.5, 0.6) is 0 Å². The second-order valence-corrected chi connectivity index (χ2v) is 7.40. The van der Waals surface area contributed by atoms with Crippen LogP contribution in [0.25, 0.3) is 0 Å². The first-order valence-corrected chi connectivity index (χ1v) is 9.95. The predicted molar refractivity (Wildman–Crippen MR) is 99.3 cm³/mol. The van der Waals surface area contributed by atoms with Gasteiger partial charge in [-0.05, 0) is 38.5 Å². The molecule has 1 aliphatic carbocycles. The first-order chi connectivity index (χ1) is 13.4. The third kappa shape index (κ3) is 6.65. The van der Waals surface area contributed by atoms with Crippen LogP contribution in [0.3, 0.4) is 0 Å². The van der Waals surface area contributed by atoms with Gasteiger partial charge in [0.15, 0.2) is 6.61 Å². The van der Waals surface area contributed by atoms with Gasteiger partial charge in [-0.1, -0.05) is 25.8 Å². The summed E-state index contributed by atoms with van der Waals surface area (Å²) >= 11 is 0. The maximum atomic E-state index is 12.1. The molecule has 1 heterocycles. The van der Waals surface area contributed by atoms with Crippen molar-refractivity contribution in [2.75, 3.05) is 13.2 Å². The van der Waals surface area contributed by atoms with Gasteiger partial charge in [-0.25, -0.2) is 9.59 Å². The van der Waals surface area contributed by atoms with Crippen LogP contribution in [-0.4, -0.2) is 59.1 Å². The molecule has 0 aromatic carbocycles. The summed E-state index contributed by atoms with van der Waals surface area (Å²) in [6.07, 6.45) is 7.77. The molecule has 8 nitrogen and oxygen atoms in total. The van der Waals surface area contributed by atoms with E-state index in [0.29, 0.717) is 19.4 Å². The molecule has 1 aliphatic heterocycles. The van der Waals surface area contributed by atoms with Crippen molar-refractivity contribution in [1.82, 2.24) is 4.90 Å². The van der Waals surface area contributed by atoms with Crippen LogP contribution < -0.4 is 0 Å². The predicted octanol–water partition coefficient (Wildman–Crippen LogP) is 2.21. The Labute approximate surface area is 164 Å². The van der Waals surface area contributed by atoms with Crippen molar-refractivity contribution in [2.24, 2.45) is 0 Å². The summed E-state index contributed by atoms with van der Waals surface area (Å²) in [5.41, 5.74) is -0.0835. The third-order valence-corrected chi connectivity index (χ3v) is 5.18. The van der Waals surface area contributed by atoms with Gasteiger partial charge in [-0.15, -0.1) is 0 Å². The number of likely N-dealkylation sites (tertiary alicyclic amines) is 1. The largest absolute Gasteiger partial charge is 0.480 e. The smallest absolute Gasteiger partial charge is 0.334 e. The van der Waals surface area contributed by atoms with Gasteiger partial charge in [0.05, 0.1) is 6.42 Å². The fourth-order valence-corrected chi connectivity index (χ4v) is 3.64. The van der Waals surface area contributed by atoms with Gasteiger partial charge in [0, 0.05) is 12.1 Å². The maximum Gasteiger partial charge on any atom is 0.334 e. The van der Waals surface area contributed by atoms with Gasteiger partial charge in [-0.2, -0.15) is 0 Å². The van der Waals surface area contributed by atoms with Crippen molar-refractivity contribution in [3.05, 3.63) is 12.2 Å². The van der Waals surface area contributed by atoms with E-state index in [-0.39, 0.29) is 18.1 Å². The van der Waals surface area contributed by atoms with Crippen LogP contribution in [0.2, 0.25) is 0 Å². The van der Waals surface area contributed by atoms with Crippen LogP contribution in [0.15, 0.2) is 12.2 Å². The molecule has 1 atom stereocenters. The number of rotatable bonds is 7. The van der Waals surface area contributed by atoms with Crippen molar-refractivity contribution in [2.45, 2.75) is 76.4 Å². The average molecular weight is 395 g/mol. The van der Waals surface area contributed by atoms with E-state index >= 15 is 0 Å². The van der Waals surface area contributed by atoms with Crippen molar-refractivity contribution in [3.8, 4) is 0 Å². The number of carbonyl (C=O) groups is 4. The highest BCUT2D eigenvalue weighted by Gasteiger charge is 2.34. The highest BCUT2D eigenvalue weighted by atomic mass is 16.5. The van der Waals surface area contributed by atoms with Gasteiger partial charge < -0.3 is 19.5 Å². The Morgan fingerprint density at radius 2 is 1.61 bits per heavy atom. The molecule has 1 amide bonds. The van der Waals surface area contributed by atoms with Gasteiger partial charge in [0.25, 0.3) is 5.91 Å². The van der Waals surface area contributed by atoms with Crippen molar-refractivity contribution < 1.29 is 33.8 Å². The SMILES string of the molecule is C=C(CC(=O)OC1CCCCCCC1)C(=O)OCC(=O)N1CCC[C@H]1C(=O)O. The van der Waals surface area contributed by atoms with Crippen LogP contribution in [0, 0.1) is 0 Å². The first kappa shape index (κ1) is 21.9. The van der Waals surface area contributed by atoms with E-state index in [1.54, 1.807) is 0 Å². The van der Waals surface area contributed by atoms with E-state index in [1.807, 2.05) is 0 Å². The first-order valence-electron chi connectivity index (χ1n) is 9.95. The summed E-state index contributed by atoms with van der Waals surface area (Å²) in [5.74, 6) is -3.01. The Balaban J connectivity index is 1.72. The molecule has 2 fully saturated rings. The minimum atomic E-state index is -1.07. The molecule has 0 radical (unpaired) electrons. The molecule has 1 N–H and O–H groups in total. The summed E-state index contributed by atoms with van der Waals surface area (Å²) in [4.78, 5) is 48.5. The quantitative estimate of drug-likeness (QED) is 0.520. The number of carboxylic acids is 1. The minimum Gasteiger partial charge on any atom is -0.480 e. The molecule has 0 unspecified atom stereocenters. The summed E-state index contributed by atoms with van der Waals surface area (Å²) in [7, 11) is 0. The number of aliphatic carboxylic acids is 1. The summed E-state index contributed by atoms with van der Waals surface area (Å²) in [5, 5.41) is 9.10. The third-order valence-electron chi connectivity index (χ3n) is 5.18. The molecule has 2 aliphatic rings. The second-order valence-electron chi connectivity index (χ2n) is 7.40. The Morgan fingerprint density at radius 1 is 0.964 bits per heavy atom. The molecule has 1 saturated heterocycles. The number of hydrogen-bond donors (Lipinski definition) is 1. The van der Waals surface area contributed by atoms with E-state index in [4.69, 9.17) is 14.6 Å². The van der Waals surface area contributed by atoms with Crippen molar-refractivity contribution in [1.29, 1.82) is 0 Å². The van der Waals surface area contributed by atoms with Crippen LogP contribution in [-0.2, 0) is 28.7 Å². The number of esters is 2. The summed E-state index contributed by atoms with van der Waals surface area (Å²) in [6.45, 7) is 3.30. The van der Waals surface area contributed by atoms with Gasteiger partial charge in [-0.3, -0.25) is 9.59 Å². The molecular weight excluding hydrogens is 366 g/mol. The lowest BCUT2D eigenvalue weighted by Gasteiger charge is -2.21. The van der Waals surface area contributed by atoms with E-state index in [1.165, 1.54) is 11.3 Å². The summed E-state index contributed by atoms with van der Waals surface area (Å²) in [6, 6.07) is -0.881. The maximum absolute atomic E-state index is 12.1. The van der Waals surface area contributed by atoms with E-state index in [0.717, 1.165) is 38.5 Å². The molecule has 1 saturated carbocycles. The van der Waals surface area contributed by atoms with Gasteiger partial charge in [0.2, 0.25) is 0 Å². The number of nitrogens with zero attached hydrogens (tertiary/aromatic N) is 1. The zero-order valence-corrected chi connectivity index (χ0v) is 16.2. The lowest BCUT2D eigenvalue weighted by molar-refractivity contribution is -0.155. The van der Waals surface area contributed by atoms with Crippen molar-refractivity contribution in [3.63, 3.8) is 0 Å². The average Bonchev–Trinajstić information content (AvgIpc) is 3.11. The summed E-state index contributed by atoms with van der Waals surface area (Å²) < 4.78 is 10.4. The fraction of sp³-hybridized carbons (Fsp3) is 0.700. The van der Waals surface area contributed by atoms with Crippen LogP contribution in [0.1, 0.15) is 64.2 Å². The molecule has 0 aromatic heterocycles. The van der Waals surface area contributed by atoms with Crippen LogP contribution in [0.4, 0.5) is 0 Å². The number of carboxylic acid groups (broad SMARTS) is 1. The van der Waals surface area contributed by atoms with Gasteiger partial charge in [0.1, 0.15) is 12.1 Å². The Morgan fingerprint density at radius 3 is 2.25 bits per heavy atom. The van der Waals surface area contributed by atoms with Crippen LogP contribution >= 0.6 is 0 Å². The molecular formula is C20H29NO7. The molecule has 8 heteroatoms. The Kier molecular flexibility index (Phi) is 8.47. The van der Waals surface area contributed by atoms with Crippen molar-refractivity contribution >= 4 is 23.8 Å². The number of hydrogen-bond acceptors (Lipinski definition) is 6. The monoisotopic (exact) mass is 395 g/mol. The zero-order valence-electron chi connectivity index (χ0n) is 16.2. The lowest BCUT2D eigenvalue weighted by atomic mass is 9.98. The fourth-order valence-electron chi connectivity index (χ4n) is 3.64. The topological polar surface area (TPSA) is 110 Å². The Bertz CT molecular complexity index is 608. The van der Waals surface area contributed by atoms with E-state index in [9.17, 15) is 19.2 Å². The van der Waals surface area contributed by atoms with Gasteiger partial charge >= 0.3 is 17.9 Å². The highest BCUT2D eigenvalue weighted by molar-refractivity contribution is 5.94. The Hall–Kier alpha value is -2.38. The zero-order chi connectivity index (χ0) is 20.5. The number of carbonyl (C=O) groups excluding carboxylic acids is 3. The molecule has 0 aromatic rings. The normalized spacial score (nSPS) is 20.7. The standard InChI is InChI=1S/C20H29NO7/c1-14(12-18(23)28-15-8-5-3-2-4-6-9-15)20(26)27-13-17(22)21-11-7-10-16(21)19(24)25/h15-16H,1-13H2,(H,24,25)/t16-/m0/s1. The number of ether oxygens (including phenoxy) is 2. The molecule has 0 bridgehead atoms. The van der Waals surface area contributed by atoms with E-state index < -0.39 is 36.5 Å². The molecule has 2 rings (SSSR count). The lowest BCUT2D eigenvalue weighted by Crippen LogP contribution is -2.42. The second kappa shape index (κ2) is 10.8. The highest BCUT2D eigenvalue weighted by Crippen LogP contribution is 2.21. The molecule has 156 valence electrons. The van der Waals surface area contributed by atoms with E-state index in [2.05, 4.69) is 6.58 Å². The minimum absolute atomic E-state index is 0.0835. The molecule has 28 heavy (non-hydrogen) atoms. The molecule has 0 spiro atoms. The number of amides is 1.